The predicted octanol–water partition coefficient (Wildman–Crippen LogP) is -0.0798. The molecule has 2 unspecified atom stereocenters. The molecule has 4 nitrogen and oxygen atoms in total. The summed E-state index contributed by atoms with van der Waals surface area (Å²) < 4.78 is 23.1. The zero-order valence-corrected chi connectivity index (χ0v) is 7.63. The number of hydrogen-bond acceptors (Lipinski definition) is 2. The van der Waals surface area contributed by atoms with Crippen molar-refractivity contribution in [3.8, 4) is 0 Å². The lowest BCUT2D eigenvalue weighted by atomic mass is 10.1. The van der Waals surface area contributed by atoms with Crippen molar-refractivity contribution >= 4 is 10.2 Å². The Hall–Kier alpha value is -0.130. The van der Waals surface area contributed by atoms with E-state index in [1.165, 1.54) is 4.31 Å². The molecule has 1 aliphatic heterocycles. The minimum atomic E-state index is -3.45. The number of nitrogens with two attached hydrogens (primary N) is 1. The molecule has 0 aromatic rings. The summed E-state index contributed by atoms with van der Waals surface area (Å²) in [7, 11) is -3.45. The fourth-order valence-electron chi connectivity index (χ4n) is 1.62. The van der Waals surface area contributed by atoms with Gasteiger partial charge in [0.25, 0.3) is 10.2 Å². The van der Waals surface area contributed by atoms with E-state index in [2.05, 4.69) is 0 Å². The smallest absolute Gasteiger partial charge is 0.216 e. The largest absolute Gasteiger partial charge is 0.277 e. The van der Waals surface area contributed by atoms with Crippen molar-refractivity contribution in [1.82, 2.24) is 4.31 Å². The third kappa shape index (κ3) is 1.91. The molecule has 0 radical (unpaired) electrons. The molecule has 0 bridgehead atoms. The van der Waals surface area contributed by atoms with E-state index in [1.54, 1.807) is 0 Å². The molecule has 0 saturated carbocycles. The van der Waals surface area contributed by atoms with E-state index in [0.717, 1.165) is 6.42 Å². The maximum Gasteiger partial charge on any atom is 0.277 e. The Morgan fingerprint density at radius 2 is 2.00 bits per heavy atom. The van der Waals surface area contributed by atoms with Crippen LogP contribution in [0.25, 0.3) is 0 Å². The Kier molecular flexibility index (Phi) is 2.22. The lowest BCUT2D eigenvalue weighted by Gasteiger charge is -2.16. The van der Waals surface area contributed by atoms with E-state index < -0.39 is 10.2 Å². The van der Waals surface area contributed by atoms with Gasteiger partial charge < -0.3 is 0 Å². The molecule has 1 rings (SSSR count). The molecule has 0 aromatic heterocycles. The van der Waals surface area contributed by atoms with Gasteiger partial charge in [-0.25, -0.2) is 5.14 Å². The highest BCUT2D eigenvalue weighted by atomic mass is 32.2. The Labute approximate surface area is 67.6 Å². The second kappa shape index (κ2) is 2.73. The van der Waals surface area contributed by atoms with Crippen molar-refractivity contribution in [1.29, 1.82) is 0 Å². The molecule has 1 aliphatic rings. The van der Waals surface area contributed by atoms with Gasteiger partial charge in [-0.2, -0.15) is 12.7 Å². The monoisotopic (exact) mass is 178 g/mol. The van der Waals surface area contributed by atoms with Crippen LogP contribution in [0, 0.1) is 5.92 Å². The fourth-order valence-corrected chi connectivity index (χ4v) is 2.67. The van der Waals surface area contributed by atoms with Gasteiger partial charge in [0.05, 0.1) is 0 Å². The van der Waals surface area contributed by atoms with Gasteiger partial charge in [0.15, 0.2) is 0 Å². The Bertz CT molecular complexity index is 237. The Balaban J connectivity index is 2.76. The van der Waals surface area contributed by atoms with Crippen LogP contribution < -0.4 is 5.14 Å². The zero-order valence-electron chi connectivity index (χ0n) is 6.82. The molecule has 0 aromatic carbocycles. The van der Waals surface area contributed by atoms with E-state index >= 15 is 0 Å². The third-order valence-electron chi connectivity index (χ3n) is 2.05. The van der Waals surface area contributed by atoms with Crippen molar-refractivity contribution in [2.24, 2.45) is 11.1 Å². The average Bonchev–Trinajstić information content (AvgIpc) is 2.08. The Morgan fingerprint density at radius 1 is 1.45 bits per heavy atom. The van der Waals surface area contributed by atoms with Gasteiger partial charge in [-0.15, -0.1) is 0 Å². The van der Waals surface area contributed by atoms with Crippen LogP contribution in [-0.2, 0) is 10.2 Å². The quantitative estimate of drug-likeness (QED) is 0.610. The van der Waals surface area contributed by atoms with Crippen LogP contribution in [0.4, 0.5) is 0 Å². The lowest BCUT2D eigenvalue weighted by Crippen LogP contribution is -2.38. The molecule has 2 atom stereocenters. The SMILES string of the molecule is CC1CC(C)N(S(N)(=O)=O)C1. The summed E-state index contributed by atoms with van der Waals surface area (Å²) in [6.07, 6.45) is 0.913. The van der Waals surface area contributed by atoms with Crippen molar-refractivity contribution in [2.75, 3.05) is 6.54 Å². The summed E-state index contributed by atoms with van der Waals surface area (Å²) >= 11 is 0. The number of rotatable bonds is 1. The average molecular weight is 178 g/mol. The van der Waals surface area contributed by atoms with Gasteiger partial charge in [-0.1, -0.05) is 6.92 Å². The molecule has 66 valence electrons. The zero-order chi connectivity index (χ0) is 8.65. The molecule has 0 spiro atoms. The van der Waals surface area contributed by atoms with E-state index in [0.29, 0.717) is 12.5 Å². The topological polar surface area (TPSA) is 63.4 Å². The molecular formula is C6H14N2O2S. The molecule has 1 heterocycles. The minimum Gasteiger partial charge on any atom is -0.216 e. The van der Waals surface area contributed by atoms with Gasteiger partial charge in [0.2, 0.25) is 0 Å². The minimum absolute atomic E-state index is 0.0694. The molecule has 1 saturated heterocycles. The van der Waals surface area contributed by atoms with Gasteiger partial charge in [-0.05, 0) is 19.3 Å². The van der Waals surface area contributed by atoms with Crippen LogP contribution in [-0.4, -0.2) is 25.3 Å². The van der Waals surface area contributed by atoms with Gasteiger partial charge in [0, 0.05) is 12.6 Å². The summed E-state index contributed by atoms with van der Waals surface area (Å²) in [5.74, 6) is 0.434. The van der Waals surface area contributed by atoms with Crippen molar-refractivity contribution in [3.05, 3.63) is 0 Å². The van der Waals surface area contributed by atoms with Crippen molar-refractivity contribution in [3.63, 3.8) is 0 Å². The third-order valence-corrected chi connectivity index (χ3v) is 3.22. The van der Waals surface area contributed by atoms with Crippen LogP contribution in [0.3, 0.4) is 0 Å². The van der Waals surface area contributed by atoms with Gasteiger partial charge >= 0.3 is 0 Å². The molecule has 0 aliphatic carbocycles. The first kappa shape index (κ1) is 8.96. The van der Waals surface area contributed by atoms with Crippen LogP contribution in [0.1, 0.15) is 20.3 Å². The summed E-state index contributed by atoms with van der Waals surface area (Å²) in [6, 6.07) is 0.0694. The highest BCUT2D eigenvalue weighted by Crippen LogP contribution is 2.23. The van der Waals surface area contributed by atoms with Crippen molar-refractivity contribution < 1.29 is 8.42 Å². The van der Waals surface area contributed by atoms with Crippen LogP contribution in [0.5, 0.6) is 0 Å². The van der Waals surface area contributed by atoms with Crippen molar-refractivity contribution in [2.45, 2.75) is 26.3 Å². The van der Waals surface area contributed by atoms with E-state index in [9.17, 15) is 8.42 Å². The highest BCUT2D eigenvalue weighted by molar-refractivity contribution is 7.86. The van der Waals surface area contributed by atoms with E-state index in [1.807, 2.05) is 13.8 Å². The first-order valence-corrected chi connectivity index (χ1v) is 5.21. The predicted molar refractivity (Wildman–Crippen MR) is 43.1 cm³/mol. The number of nitrogens with zero attached hydrogens (tertiary/aromatic N) is 1. The summed E-state index contributed by atoms with van der Waals surface area (Å²) in [6.45, 7) is 4.48. The first-order valence-electron chi connectivity index (χ1n) is 3.71. The molecule has 0 amide bonds. The Morgan fingerprint density at radius 3 is 2.18 bits per heavy atom. The van der Waals surface area contributed by atoms with Gasteiger partial charge in [-0.3, -0.25) is 0 Å². The summed E-state index contributed by atoms with van der Waals surface area (Å²) in [4.78, 5) is 0. The summed E-state index contributed by atoms with van der Waals surface area (Å²) in [5, 5.41) is 4.99. The normalized spacial score (nSPS) is 34.5. The molecular weight excluding hydrogens is 164 g/mol. The lowest BCUT2D eigenvalue weighted by molar-refractivity contribution is 0.406. The maximum absolute atomic E-state index is 10.9. The van der Waals surface area contributed by atoms with Crippen LogP contribution >= 0.6 is 0 Å². The van der Waals surface area contributed by atoms with Crippen LogP contribution in [0.2, 0.25) is 0 Å². The second-order valence-electron chi connectivity index (χ2n) is 3.30. The van der Waals surface area contributed by atoms with Crippen LogP contribution in [0.15, 0.2) is 0 Å². The summed E-state index contributed by atoms with van der Waals surface area (Å²) in [5.41, 5.74) is 0. The first-order chi connectivity index (χ1) is 4.91. The maximum atomic E-state index is 10.9. The second-order valence-corrected chi connectivity index (χ2v) is 4.80. The fraction of sp³-hybridized carbons (Fsp3) is 1.00. The van der Waals surface area contributed by atoms with E-state index in [-0.39, 0.29) is 6.04 Å². The highest BCUT2D eigenvalue weighted by Gasteiger charge is 2.32. The standard InChI is InChI=1S/C6H14N2O2S/c1-5-3-6(2)8(4-5)11(7,9)10/h5-6H,3-4H2,1-2H3,(H2,7,9,10). The molecule has 1 fully saturated rings. The molecule has 2 N–H and O–H groups in total. The molecule has 5 heteroatoms. The number of hydrogen-bond donors (Lipinski definition) is 1. The van der Waals surface area contributed by atoms with Gasteiger partial charge in [0.1, 0.15) is 0 Å². The molecule has 11 heavy (non-hydrogen) atoms. The van der Waals surface area contributed by atoms with E-state index in [4.69, 9.17) is 5.14 Å².